The summed E-state index contributed by atoms with van der Waals surface area (Å²) in [7, 11) is 0. The Morgan fingerprint density at radius 3 is 2.53 bits per heavy atom. The third-order valence-electron chi connectivity index (χ3n) is 3.09. The summed E-state index contributed by atoms with van der Waals surface area (Å²) in [5.74, 6) is -0.919. The Bertz CT molecular complexity index is 621. The molecular formula is C15H18N2O2. The molecule has 1 aromatic heterocycles. The third kappa shape index (κ3) is 2.67. The second kappa shape index (κ2) is 4.53. The fourth-order valence-corrected chi connectivity index (χ4v) is 1.86. The van der Waals surface area contributed by atoms with E-state index in [0.29, 0.717) is 0 Å². The summed E-state index contributed by atoms with van der Waals surface area (Å²) in [6.07, 6.45) is 3.68. The number of nitrogens with zero attached hydrogens (tertiary/aromatic N) is 2. The number of carbonyl (C=O) groups is 1. The van der Waals surface area contributed by atoms with Crippen molar-refractivity contribution in [3.8, 4) is 5.69 Å². The molecule has 0 saturated carbocycles. The van der Waals surface area contributed by atoms with Crippen molar-refractivity contribution in [2.75, 3.05) is 0 Å². The summed E-state index contributed by atoms with van der Waals surface area (Å²) >= 11 is 0. The standard InChI is InChI=1S/C15H18N2O2/c1-10-5-6-11(14(18)19)7-12(10)17-8-13(16-9-17)15(2,3)4/h5-9H,1-4H3,(H,18,19). The molecule has 0 aliphatic heterocycles. The van der Waals surface area contributed by atoms with Gasteiger partial charge in [0.2, 0.25) is 0 Å². The highest BCUT2D eigenvalue weighted by Crippen LogP contribution is 2.23. The van der Waals surface area contributed by atoms with Crippen LogP contribution in [0.3, 0.4) is 0 Å². The molecule has 4 nitrogen and oxygen atoms in total. The molecule has 1 heterocycles. The molecule has 19 heavy (non-hydrogen) atoms. The second-order valence-corrected chi connectivity index (χ2v) is 5.72. The van der Waals surface area contributed by atoms with Crippen LogP contribution in [0.25, 0.3) is 5.69 Å². The maximum Gasteiger partial charge on any atom is 0.335 e. The fraction of sp³-hybridized carbons (Fsp3) is 0.333. The number of imidazole rings is 1. The van der Waals surface area contributed by atoms with Gasteiger partial charge in [-0.05, 0) is 24.6 Å². The van der Waals surface area contributed by atoms with E-state index in [1.54, 1.807) is 18.5 Å². The van der Waals surface area contributed by atoms with Crippen LogP contribution in [0.5, 0.6) is 0 Å². The number of aryl methyl sites for hydroxylation is 1. The largest absolute Gasteiger partial charge is 0.478 e. The first-order chi connectivity index (χ1) is 8.79. The van der Waals surface area contributed by atoms with E-state index in [2.05, 4.69) is 25.8 Å². The number of hydrogen-bond acceptors (Lipinski definition) is 2. The summed E-state index contributed by atoms with van der Waals surface area (Å²) in [6, 6.07) is 5.10. The molecule has 2 aromatic rings. The van der Waals surface area contributed by atoms with E-state index in [-0.39, 0.29) is 11.0 Å². The number of carboxylic acid groups (broad SMARTS) is 1. The van der Waals surface area contributed by atoms with Gasteiger partial charge in [-0.1, -0.05) is 26.8 Å². The Morgan fingerprint density at radius 1 is 1.32 bits per heavy atom. The van der Waals surface area contributed by atoms with Crippen LogP contribution in [-0.4, -0.2) is 20.6 Å². The molecule has 0 bridgehead atoms. The van der Waals surface area contributed by atoms with Crippen molar-refractivity contribution >= 4 is 5.97 Å². The predicted octanol–water partition coefficient (Wildman–Crippen LogP) is 3.18. The minimum absolute atomic E-state index is 0.0242. The van der Waals surface area contributed by atoms with Crippen LogP contribution >= 0.6 is 0 Å². The van der Waals surface area contributed by atoms with Crippen molar-refractivity contribution in [1.82, 2.24) is 9.55 Å². The van der Waals surface area contributed by atoms with E-state index >= 15 is 0 Å². The van der Waals surface area contributed by atoms with Gasteiger partial charge in [0.25, 0.3) is 0 Å². The van der Waals surface area contributed by atoms with Gasteiger partial charge in [0.15, 0.2) is 0 Å². The van der Waals surface area contributed by atoms with Gasteiger partial charge < -0.3 is 9.67 Å². The summed E-state index contributed by atoms with van der Waals surface area (Å²) in [4.78, 5) is 15.4. The maximum atomic E-state index is 11.0. The molecule has 0 unspecified atom stereocenters. The molecule has 0 aliphatic rings. The van der Waals surface area contributed by atoms with Gasteiger partial charge in [-0.15, -0.1) is 0 Å². The summed E-state index contributed by atoms with van der Waals surface area (Å²) in [5, 5.41) is 9.06. The van der Waals surface area contributed by atoms with Crippen molar-refractivity contribution < 1.29 is 9.90 Å². The molecule has 0 aliphatic carbocycles. The molecule has 1 N–H and O–H groups in total. The quantitative estimate of drug-likeness (QED) is 0.900. The van der Waals surface area contributed by atoms with Crippen molar-refractivity contribution in [1.29, 1.82) is 0 Å². The first-order valence-corrected chi connectivity index (χ1v) is 6.18. The Kier molecular flexibility index (Phi) is 3.18. The normalized spacial score (nSPS) is 11.6. The highest BCUT2D eigenvalue weighted by Gasteiger charge is 2.17. The number of carboxylic acids is 1. The highest BCUT2D eigenvalue weighted by molar-refractivity contribution is 5.88. The monoisotopic (exact) mass is 258 g/mol. The zero-order chi connectivity index (χ0) is 14.2. The number of hydrogen-bond donors (Lipinski definition) is 1. The first-order valence-electron chi connectivity index (χ1n) is 6.18. The number of rotatable bonds is 2. The molecule has 1 aromatic carbocycles. The van der Waals surface area contributed by atoms with Crippen molar-refractivity contribution in [2.24, 2.45) is 0 Å². The van der Waals surface area contributed by atoms with Gasteiger partial charge in [0.05, 0.1) is 23.3 Å². The predicted molar refractivity (Wildman–Crippen MR) is 74.0 cm³/mol. The first kappa shape index (κ1) is 13.3. The van der Waals surface area contributed by atoms with Gasteiger partial charge in [-0.2, -0.15) is 0 Å². The average Bonchev–Trinajstić information content (AvgIpc) is 2.78. The summed E-state index contributed by atoms with van der Waals surface area (Å²) < 4.78 is 1.88. The van der Waals surface area contributed by atoms with E-state index in [1.807, 2.05) is 23.8 Å². The van der Waals surface area contributed by atoms with Crippen LogP contribution in [0.2, 0.25) is 0 Å². The van der Waals surface area contributed by atoms with Gasteiger partial charge in [-0.3, -0.25) is 0 Å². The SMILES string of the molecule is Cc1ccc(C(=O)O)cc1-n1cnc(C(C)(C)C)c1. The molecular weight excluding hydrogens is 240 g/mol. The minimum Gasteiger partial charge on any atom is -0.478 e. The van der Waals surface area contributed by atoms with Gasteiger partial charge in [-0.25, -0.2) is 9.78 Å². The van der Waals surface area contributed by atoms with Crippen molar-refractivity contribution in [3.63, 3.8) is 0 Å². The molecule has 0 spiro atoms. The second-order valence-electron chi connectivity index (χ2n) is 5.72. The van der Waals surface area contributed by atoms with E-state index in [0.717, 1.165) is 16.9 Å². The topological polar surface area (TPSA) is 55.1 Å². The van der Waals surface area contributed by atoms with Gasteiger partial charge in [0.1, 0.15) is 0 Å². The molecule has 100 valence electrons. The van der Waals surface area contributed by atoms with Crippen molar-refractivity contribution in [3.05, 3.63) is 47.5 Å². The highest BCUT2D eigenvalue weighted by atomic mass is 16.4. The number of aromatic nitrogens is 2. The minimum atomic E-state index is -0.919. The maximum absolute atomic E-state index is 11.0. The van der Waals surface area contributed by atoms with Crippen LogP contribution in [0.1, 0.15) is 42.4 Å². The third-order valence-corrected chi connectivity index (χ3v) is 3.09. The lowest BCUT2D eigenvalue weighted by atomic mass is 9.93. The Hall–Kier alpha value is -2.10. The zero-order valence-corrected chi connectivity index (χ0v) is 11.6. The molecule has 2 rings (SSSR count). The van der Waals surface area contributed by atoms with E-state index < -0.39 is 5.97 Å². The average molecular weight is 258 g/mol. The van der Waals surface area contributed by atoms with Crippen LogP contribution in [0, 0.1) is 6.92 Å². The number of benzene rings is 1. The smallest absolute Gasteiger partial charge is 0.335 e. The van der Waals surface area contributed by atoms with Crippen LogP contribution in [0.4, 0.5) is 0 Å². The van der Waals surface area contributed by atoms with Crippen LogP contribution in [-0.2, 0) is 5.41 Å². The molecule has 4 heteroatoms. The van der Waals surface area contributed by atoms with Gasteiger partial charge in [0, 0.05) is 11.6 Å². The Balaban J connectivity index is 2.49. The summed E-state index contributed by atoms with van der Waals surface area (Å²) in [6.45, 7) is 8.25. The Morgan fingerprint density at radius 2 is 2.00 bits per heavy atom. The molecule has 0 saturated heterocycles. The Labute approximate surface area is 112 Å². The van der Waals surface area contributed by atoms with E-state index in [4.69, 9.17) is 5.11 Å². The van der Waals surface area contributed by atoms with E-state index in [1.165, 1.54) is 0 Å². The molecule has 0 radical (unpaired) electrons. The van der Waals surface area contributed by atoms with Gasteiger partial charge >= 0.3 is 5.97 Å². The molecule has 0 fully saturated rings. The summed E-state index contributed by atoms with van der Waals surface area (Å²) in [5.41, 5.74) is 3.11. The molecule has 0 atom stereocenters. The van der Waals surface area contributed by atoms with Crippen LogP contribution < -0.4 is 0 Å². The lowest BCUT2D eigenvalue weighted by molar-refractivity contribution is 0.0697. The van der Waals surface area contributed by atoms with Crippen LogP contribution in [0.15, 0.2) is 30.7 Å². The zero-order valence-electron chi connectivity index (χ0n) is 11.6. The van der Waals surface area contributed by atoms with Crippen molar-refractivity contribution in [2.45, 2.75) is 33.1 Å². The lowest BCUT2D eigenvalue weighted by Crippen LogP contribution is -2.11. The fourth-order valence-electron chi connectivity index (χ4n) is 1.86. The molecule has 0 amide bonds. The number of aromatic carboxylic acids is 1. The lowest BCUT2D eigenvalue weighted by Gasteiger charge is -2.14. The van der Waals surface area contributed by atoms with E-state index in [9.17, 15) is 4.79 Å².